The molecule has 3 atom stereocenters. The summed E-state index contributed by atoms with van der Waals surface area (Å²) in [5, 5.41) is 20.1. The standard InChI is InChI=1S/C24H27N7O2/c1-24(2,3)33-23(32)31-9-8-13-20(12-4-5-16-14(10-12)22(25)30-29-16)27-18-7-6-17-15(11-26-28-17)19(18)21(13)31/h4-7,10-11,13,20-21,27H,8-9H2,1-3H3,(H,26,28)(H3,25,29,30). The van der Waals surface area contributed by atoms with Gasteiger partial charge in [-0.3, -0.25) is 10.2 Å². The predicted molar refractivity (Wildman–Crippen MR) is 127 cm³/mol. The molecule has 0 bridgehead atoms. The van der Waals surface area contributed by atoms with E-state index in [1.807, 2.05) is 44.0 Å². The van der Waals surface area contributed by atoms with Crippen LogP contribution in [0.2, 0.25) is 0 Å². The molecule has 3 unspecified atom stereocenters. The number of nitrogens with one attached hydrogen (secondary N) is 3. The van der Waals surface area contributed by atoms with Crippen LogP contribution in [-0.4, -0.2) is 43.5 Å². The molecule has 0 saturated carbocycles. The minimum Gasteiger partial charge on any atom is -0.444 e. The molecule has 2 aromatic heterocycles. The van der Waals surface area contributed by atoms with Crippen LogP contribution >= 0.6 is 0 Å². The summed E-state index contributed by atoms with van der Waals surface area (Å²) in [5.74, 6) is 0.651. The minimum atomic E-state index is -0.560. The van der Waals surface area contributed by atoms with Crippen molar-refractivity contribution >= 4 is 39.4 Å². The van der Waals surface area contributed by atoms with E-state index in [4.69, 9.17) is 10.5 Å². The Morgan fingerprint density at radius 3 is 2.76 bits per heavy atom. The lowest BCUT2D eigenvalue weighted by Gasteiger charge is -2.40. The number of carbonyl (C=O) groups is 1. The summed E-state index contributed by atoms with van der Waals surface area (Å²) in [4.78, 5) is 15.1. The van der Waals surface area contributed by atoms with E-state index in [0.717, 1.165) is 45.0 Å². The fourth-order valence-corrected chi connectivity index (χ4v) is 5.39. The number of fused-ring (bicyclic) bond motifs is 6. The Hall–Kier alpha value is -3.75. The van der Waals surface area contributed by atoms with Crippen LogP contribution < -0.4 is 11.1 Å². The first-order valence-corrected chi connectivity index (χ1v) is 11.3. The smallest absolute Gasteiger partial charge is 0.410 e. The van der Waals surface area contributed by atoms with Gasteiger partial charge >= 0.3 is 6.09 Å². The molecule has 4 heterocycles. The molecule has 1 fully saturated rings. The van der Waals surface area contributed by atoms with Crippen molar-refractivity contribution in [3.05, 3.63) is 47.7 Å². The van der Waals surface area contributed by atoms with Crippen LogP contribution in [0.15, 0.2) is 36.5 Å². The summed E-state index contributed by atoms with van der Waals surface area (Å²) in [6.45, 7) is 6.33. The van der Waals surface area contributed by atoms with Gasteiger partial charge in [0.15, 0.2) is 5.82 Å². The molecule has 170 valence electrons. The number of rotatable bonds is 1. The zero-order chi connectivity index (χ0) is 22.9. The van der Waals surface area contributed by atoms with Gasteiger partial charge in [0, 0.05) is 34.5 Å². The molecule has 1 amide bonds. The number of amides is 1. The maximum absolute atomic E-state index is 13.3. The van der Waals surface area contributed by atoms with Crippen LogP contribution in [0.5, 0.6) is 0 Å². The highest BCUT2D eigenvalue weighted by atomic mass is 16.6. The van der Waals surface area contributed by atoms with Crippen LogP contribution in [0.4, 0.5) is 16.3 Å². The van der Waals surface area contributed by atoms with Crippen LogP contribution in [0, 0.1) is 5.92 Å². The lowest BCUT2D eigenvalue weighted by molar-refractivity contribution is 0.0199. The SMILES string of the molecule is CC(C)(C)OC(=O)N1CCC2C(c3ccc4[nH]nc(N)c4c3)Nc3ccc4[nH]ncc4c3C21. The zero-order valence-electron chi connectivity index (χ0n) is 18.8. The van der Waals surface area contributed by atoms with Gasteiger partial charge in [0.25, 0.3) is 0 Å². The number of hydrogen-bond donors (Lipinski definition) is 4. The molecule has 2 aliphatic rings. The molecular formula is C24H27N7O2. The average Bonchev–Trinajstić information content (AvgIpc) is 3.50. The Labute approximate surface area is 190 Å². The van der Waals surface area contributed by atoms with Crippen LogP contribution in [0.3, 0.4) is 0 Å². The predicted octanol–water partition coefficient (Wildman–Crippen LogP) is 4.49. The van der Waals surface area contributed by atoms with Crippen molar-refractivity contribution in [2.45, 2.75) is 44.9 Å². The summed E-state index contributed by atoms with van der Waals surface area (Å²) < 4.78 is 5.80. The number of hydrogen-bond acceptors (Lipinski definition) is 6. The number of anilines is 2. The van der Waals surface area contributed by atoms with Crippen LogP contribution in [0.25, 0.3) is 21.8 Å². The van der Waals surface area contributed by atoms with Gasteiger partial charge in [-0.2, -0.15) is 10.2 Å². The van der Waals surface area contributed by atoms with Crippen molar-refractivity contribution in [2.75, 3.05) is 17.6 Å². The number of carbonyl (C=O) groups excluding carboxylic acids is 1. The maximum atomic E-state index is 13.3. The van der Waals surface area contributed by atoms with E-state index in [-0.39, 0.29) is 24.1 Å². The first-order valence-electron chi connectivity index (χ1n) is 11.3. The molecule has 0 spiro atoms. The van der Waals surface area contributed by atoms with Crippen molar-refractivity contribution in [1.82, 2.24) is 25.3 Å². The fraction of sp³-hybridized carbons (Fsp3) is 0.375. The summed E-state index contributed by atoms with van der Waals surface area (Å²) in [5.41, 5.74) is 10.6. The molecule has 2 aromatic carbocycles. The Balaban J connectivity index is 1.48. The molecule has 2 aliphatic heterocycles. The van der Waals surface area contributed by atoms with Gasteiger partial charge in [-0.15, -0.1) is 0 Å². The number of nitrogen functional groups attached to an aromatic ring is 1. The third kappa shape index (κ3) is 3.10. The molecule has 9 nitrogen and oxygen atoms in total. The minimum absolute atomic E-state index is 0.0120. The van der Waals surface area contributed by atoms with Gasteiger partial charge in [-0.25, -0.2) is 4.79 Å². The third-order valence-corrected chi connectivity index (χ3v) is 6.75. The molecule has 0 radical (unpaired) electrons. The number of nitrogens with two attached hydrogens (primary N) is 1. The van der Waals surface area contributed by atoms with Gasteiger partial charge in [0.05, 0.1) is 29.3 Å². The summed E-state index contributed by atoms with van der Waals surface area (Å²) in [7, 11) is 0. The monoisotopic (exact) mass is 445 g/mol. The molecule has 0 aliphatic carbocycles. The van der Waals surface area contributed by atoms with Crippen molar-refractivity contribution < 1.29 is 9.53 Å². The van der Waals surface area contributed by atoms with Gasteiger partial charge in [-0.1, -0.05) is 6.07 Å². The second-order valence-corrected chi connectivity index (χ2v) is 9.97. The largest absolute Gasteiger partial charge is 0.444 e. The summed E-state index contributed by atoms with van der Waals surface area (Å²) >= 11 is 0. The number of nitrogens with zero attached hydrogens (tertiary/aromatic N) is 3. The number of ether oxygens (including phenoxy) is 1. The van der Waals surface area contributed by atoms with E-state index in [1.54, 1.807) is 0 Å². The Bertz CT molecular complexity index is 1380. The highest BCUT2D eigenvalue weighted by Crippen LogP contribution is 2.53. The molecule has 33 heavy (non-hydrogen) atoms. The summed E-state index contributed by atoms with van der Waals surface area (Å²) in [6, 6.07) is 10.2. The first kappa shape index (κ1) is 19.9. The van der Waals surface area contributed by atoms with Gasteiger partial charge in [0.1, 0.15) is 5.60 Å². The lowest BCUT2D eigenvalue weighted by atomic mass is 9.79. The Kier molecular flexibility index (Phi) is 4.14. The van der Waals surface area contributed by atoms with E-state index >= 15 is 0 Å². The van der Waals surface area contributed by atoms with Gasteiger partial charge in [-0.05, 0) is 57.0 Å². The number of H-pyrrole nitrogens is 2. The number of benzene rings is 2. The molecular weight excluding hydrogens is 418 g/mol. The van der Waals surface area contributed by atoms with E-state index in [9.17, 15) is 4.79 Å². The number of aromatic nitrogens is 4. The van der Waals surface area contributed by atoms with Crippen molar-refractivity contribution in [2.24, 2.45) is 5.92 Å². The molecule has 1 saturated heterocycles. The fourth-order valence-electron chi connectivity index (χ4n) is 5.39. The van der Waals surface area contributed by atoms with E-state index in [2.05, 4.69) is 43.9 Å². The van der Waals surface area contributed by atoms with Crippen LogP contribution in [0.1, 0.15) is 50.4 Å². The Morgan fingerprint density at radius 1 is 1.15 bits per heavy atom. The van der Waals surface area contributed by atoms with Gasteiger partial charge < -0.3 is 20.7 Å². The quantitative estimate of drug-likeness (QED) is 0.342. The van der Waals surface area contributed by atoms with E-state index < -0.39 is 5.60 Å². The first-order chi connectivity index (χ1) is 15.8. The highest BCUT2D eigenvalue weighted by molar-refractivity contribution is 5.91. The second-order valence-electron chi connectivity index (χ2n) is 9.97. The highest BCUT2D eigenvalue weighted by Gasteiger charge is 2.48. The van der Waals surface area contributed by atoms with Crippen molar-refractivity contribution in [3.63, 3.8) is 0 Å². The second kappa shape index (κ2) is 6.87. The van der Waals surface area contributed by atoms with Crippen molar-refractivity contribution in [1.29, 1.82) is 0 Å². The molecule has 5 N–H and O–H groups in total. The molecule has 9 heteroatoms. The lowest BCUT2D eigenvalue weighted by Crippen LogP contribution is -2.40. The summed E-state index contributed by atoms with van der Waals surface area (Å²) in [6.07, 6.45) is 2.42. The van der Waals surface area contributed by atoms with E-state index in [0.29, 0.717) is 12.4 Å². The van der Waals surface area contributed by atoms with Gasteiger partial charge in [0.2, 0.25) is 0 Å². The molecule has 4 aromatic rings. The van der Waals surface area contributed by atoms with Crippen molar-refractivity contribution in [3.8, 4) is 0 Å². The number of likely N-dealkylation sites (tertiary alicyclic amines) is 1. The zero-order valence-corrected chi connectivity index (χ0v) is 18.8. The normalized spacial score (nSPS) is 22.3. The molecule has 6 rings (SSSR count). The van der Waals surface area contributed by atoms with E-state index in [1.165, 1.54) is 0 Å². The number of aromatic amines is 2. The van der Waals surface area contributed by atoms with Crippen LogP contribution in [-0.2, 0) is 4.74 Å². The maximum Gasteiger partial charge on any atom is 0.410 e. The average molecular weight is 446 g/mol. The third-order valence-electron chi connectivity index (χ3n) is 6.75. The Morgan fingerprint density at radius 2 is 1.94 bits per heavy atom. The topological polar surface area (TPSA) is 125 Å².